The third-order valence-electron chi connectivity index (χ3n) is 3.32. The molecule has 0 saturated carbocycles. The minimum Gasteiger partial charge on any atom is -0.375 e. The maximum absolute atomic E-state index is 13.0. The van der Waals surface area contributed by atoms with Crippen molar-refractivity contribution >= 4 is 11.6 Å². The summed E-state index contributed by atoms with van der Waals surface area (Å²) in [6.07, 6.45) is 1.79. The third-order valence-corrected chi connectivity index (χ3v) is 3.32. The second-order valence-corrected chi connectivity index (χ2v) is 4.65. The van der Waals surface area contributed by atoms with Gasteiger partial charge in [-0.1, -0.05) is 0 Å². The number of ether oxygens (including phenoxy) is 1. The van der Waals surface area contributed by atoms with Crippen molar-refractivity contribution in [2.75, 3.05) is 31.7 Å². The Morgan fingerprint density at radius 1 is 1.37 bits per heavy atom. The summed E-state index contributed by atoms with van der Waals surface area (Å²) in [7, 11) is 1.50. The van der Waals surface area contributed by atoms with Gasteiger partial charge in [-0.2, -0.15) is 0 Å². The Kier molecular flexibility index (Phi) is 4.87. The molecule has 1 heterocycles. The number of rotatable bonds is 4. The molecule has 0 atom stereocenters. The normalized spacial score (nSPS) is 16.3. The molecule has 4 nitrogen and oxygen atoms in total. The first-order valence-electron chi connectivity index (χ1n) is 6.49. The van der Waals surface area contributed by atoms with Crippen LogP contribution in [0, 0.1) is 5.82 Å². The number of benzene rings is 1. The Morgan fingerprint density at radius 3 is 2.58 bits per heavy atom. The maximum atomic E-state index is 13.0. The lowest BCUT2D eigenvalue weighted by molar-refractivity contribution is -0.122. The quantitative estimate of drug-likeness (QED) is 0.899. The fourth-order valence-corrected chi connectivity index (χ4v) is 2.42. The standard InChI is InChI=1S/C14H19FN2O2/c1-19-10-14(18)17(13-6-8-16-9-7-13)12-4-2-11(15)3-5-12/h2-5,13,16H,6-10H2,1H3. The Bertz CT molecular complexity index is 416. The summed E-state index contributed by atoms with van der Waals surface area (Å²) in [6.45, 7) is 1.83. The van der Waals surface area contributed by atoms with Gasteiger partial charge >= 0.3 is 0 Å². The topological polar surface area (TPSA) is 41.6 Å². The molecule has 1 aromatic carbocycles. The number of carbonyl (C=O) groups is 1. The van der Waals surface area contributed by atoms with E-state index in [4.69, 9.17) is 4.74 Å². The fraction of sp³-hybridized carbons (Fsp3) is 0.500. The highest BCUT2D eigenvalue weighted by molar-refractivity contribution is 5.94. The highest BCUT2D eigenvalue weighted by Crippen LogP contribution is 2.22. The minimum absolute atomic E-state index is 0.0430. The van der Waals surface area contributed by atoms with E-state index in [1.54, 1.807) is 17.0 Å². The average Bonchev–Trinajstić information content (AvgIpc) is 2.43. The number of nitrogens with one attached hydrogen (secondary N) is 1. The molecule has 5 heteroatoms. The summed E-state index contributed by atoms with van der Waals surface area (Å²) in [4.78, 5) is 14.0. The summed E-state index contributed by atoms with van der Waals surface area (Å²) < 4.78 is 17.9. The molecule has 2 rings (SSSR count). The SMILES string of the molecule is COCC(=O)N(c1ccc(F)cc1)C1CCNCC1. The Hall–Kier alpha value is -1.46. The Labute approximate surface area is 112 Å². The van der Waals surface area contributed by atoms with E-state index < -0.39 is 0 Å². The number of hydrogen-bond donors (Lipinski definition) is 1. The van der Waals surface area contributed by atoms with Crippen LogP contribution in [0.5, 0.6) is 0 Å². The molecule has 0 radical (unpaired) electrons. The number of hydrogen-bond acceptors (Lipinski definition) is 3. The second-order valence-electron chi connectivity index (χ2n) is 4.65. The fourth-order valence-electron chi connectivity index (χ4n) is 2.42. The number of piperidine rings is 1. The average molecular weight is 266 g/mol. The van der Waals surface area contributed by atoms with Gasteiger partial charge in [0, 0.05) is 18.8 Å². The molecule has 0 aromatic heterocycles. The van der Waals surface area contributed by atoms with Gasteiger partial charge in [0.15, 0.2) is 0 Å². The molecule has 1 aliphatic heterocycles. The van der Waals surface area contributed by atoms with Gasteiger partial charge in [-0.15, -0.1) is 0 Å². The van der Waals surface area contributed by atoms with E-state index in [1.165, 1.54) is 19.2 Å². The van der Waals surface area contributed by atoms with Gasteiger partial charge < -0.3 is 15.0 Å². The summed E-state index contributed by atoms with van der Waals surface area (Å²) in [5, 5.41) is 3.27. The van der Waals surface area contributed by atoms with Crippen molar-refractivity contribution in [3.05, 3.63) is 30.1 Å². The molecule has 0 spiro atoms. The van der Waals surface area contributed by atoms with E-state index in [1.807, 2.05) is 0 Å². The smallest absolute Gasteiger partial charge is 0.253 e. The highest BCUT2D eigenvalue weighted by Gasteiger charge is 2.26. The minimum atomic E-state index is -0.298. The van der Waals surface area contributed by atoms with E-state index >= 15 is 0 Å². The van der Waals surface area contributed by atoms with Crippen molar-refractivity contribution in [3.63, 3.8) is 0 Å². The number of methoxy groups -OCH3 is 1. The number of halogens is 1. The monoisotopic (exact) mass is 266 g/mol. The molecular formula is C14H19FN2O2. The zero-order valence-electron chi connectivity index (χ0n) is 11.1. The predicted octanol–water partition coefficient (Wildman–Crippen LogP) is 1.56. The van der Waals surface area contributed by atoms with Crippen LogP contribution in [0.4, 0.5) is 10.1 Å². The first-order chi connectivity index (χ1) is 9.22. The number of nitrogens with zero attached hydrogens (tertiary/aromatic N) is 1. The first kappa shape index (κ1) is 14.0. The molecule has 19 heavy (non-hydrogen) atoms. The van der Waals surface area contributed by atoms with Gasteiger partial charge in [0.05, 0.1) is 0 Å². The summed E-state index contributed by atoms with van der Waals surface area (Å²) >= 11 is 0. The van der Waals surface area contributed by atoms with Crippen LogP contribution in [-0.4, -0.2) is 38.8 Å². The van der Waals surface area contributed by atoms with Gasteiger partial charge in [0.2, 0.25) is 0 Å². The van der Waals surface area contributed by atoms with Crippen molar-refractivity contribution in [3.8, 4) is 0 Å². The van der Waals surface area contributed by atoms with Crippen LogP contribution in [0.3, 0.4) is 0 Å². The van der Waals surface area contributed by atoms with Gasteiger partial charge in [-0.05, 0) is 50.2 Å². The lowest BCUT2D eigenvalue weighted by Gasteiger charge is -2.34. The molecule has 1 saturated heterocycles. The molecule has 1 aliphatic rings. The number of amides is 1. The van der Waals surface area contributed by atoms with Crippen molar-refractivity contribution < 1.29 is 13.9 Å². The second kappa shape index (κ2) is 6.63. The van der Waals surface area contributed by atoms with Crippen LogP contribution < -0.4 is 10.2 Å². The van der Waals surface area contributed by atoms with Crippen molar-refractivity contribution in [2.45, 2.75) is 18.9 Å². The number of anilines is 1. The summed E-state index contributed by atoms with van der Waals surface area (Å²) in [6, 6.07) is 6.19. The molecule has 0 bridgehead atoms. The summed E-state index contributed by atoms with van der Waals surface area (Å²) in [5.74, 6) is -0.380. The van der Waals surface area contributed by atoms with Gasteiger partial charge in [0.1, 0.15) is 12.4 Å². The lowest BCUT2D eigenvalue weighted by atomic mass is 10.0. The molecule has 104 valence electrons. The van der Waals surface area contributed by atoms with Crippen LogP contribution in [0.1, 0.15) is 12.8 Å². The molecular weight excluding hydrogens is 247 g/mol. The van der Waals surface area contributed by atoms with Gasteiger partial charge in [-0.3, -0.25) is 4.79 Å². The van der Waals surface area contributed by atoms with E-state index in [-0.39, 0.29) is 24.4 Å². The van der Waals surface area contributed by atoms with E-state index in [0.29, 0.717) is 0 Å². The van der Waals surface area contributed by atoms with Crippen LogP contribution >= 0.6 is 0 Å². The van der Waals surface area contributed by atoms with E-state index in [9.17, 15) is 9.18 Å². The molecule has 0 unspecified atom stereocenters. The Balaban J connectivity index is 2.22. The molecule has 1 aromatic rings. The summed E-state index contributed by atoms with van der Waals surface area (Å²) in [5.41, 5.74) is 0.732. The molecule has 1 amide bonds. The van der Waals surface area contributed by atoms with Crippen molar-refractivity contribution in [2.24, 2.45) is 0 Å². The first-order valence-corrected chi connectivity index (χ1v) is 6.49. The van der Waals surface area contributed by atoms with E-state index in [0.717, 1.165) is 31.6 Å². The van der Waals surface area contributed by atoms with Crippen LogP contribution in [0.15, 0.2) is 24.3 Å². The van der Waals surface area contributed by atoms with Crippen LogP contribution in [0.25, 0.3) is 0 Å². The van der Waals surface area contributed by atoms with Gasteiger partial charge in [-0.25, -0.2) is 4.39 Å². The van der Waals surface area contributed by atoms with Crippen LogP contribution in [-0.2, 0) is 9.53 Å². The van der Waals surface area contributed by atoms with Crippen LogP contribution in [0.2, 0.25) is 0 Å². The van der Waals surface area contributed by atoms with Crippen molar-refractivity contribution in [1.82, 2.24) is 5.32 Å². The Morgan fingerprint density at radius 2 is 2.00 bits per heavy atom. The van der Waals surface area contributed by atoms with E-state index in [2.05, 4.69) is 5.32 Å². The lowest BCUT2D eigenvalue weighted by Crippen LogP contribution is -2.47. The molecule has 1 fully saturated rings. The van der Waals surface area contributed by atoms with Crippen molar-refractivity contribution in [1.29, 1.82) is 0 Å². The maximum Gasteiger partial charge on any atom is 0.253 e. The van der Waals surface area contributed by atoms with Gasteiger partial charge in [0.25, 0.3) is 5.91 Å². The zero-order valence-corrected chi connectivity index (χ0v) is 11.1. The number of carbonyl (C=O) groups excluding carboxylic acids is 1. The predicted molar refractivity (Wildman–Crippen MR) is 71.7 cm³/mol. The molecule has 0 aliphatic carbocycles. The molecule has 1 N–H and O–H groups in total. The zero-order chi connectivity index (χ0) is 13.7. The third kappa shape index (κ3) is 3.52. The largest absolute Gasteiger partial charge is 0.375 e. The highest BCUT2D eigenvalue weighted by atomic mass is 19.1.